The van der Waals surface area contributed by atoms with E-state index in [4.69, 9.17) is 19.7 Å². The number of hydrogen-bond donors (Lipinski definition) is 1. The van der Waals surface area contributed by atoms with Gasteiger partial charge in [-0.2, -0.15) is 4.98 Å². The van der Waals surface area contributed by atoms with Gasteiger partial charge in [-0.15, -0.1) is 0 Å². The lowest BCUT2D eigenvalue weighted by atomic mass is 10.1. The van der Waals surface area contributed by atoms with E-state index in [0.29, 0.717) is 40.7 Å². The van der Waals surface area contributed by atoms with Gasteiger partial charge in [0.2, 0.25) is 11.8 Å². The Morgan fingerprint density at radius 2 is 1.60 bits per heavy atom. The standard InChI is InChI=1S/C31H29N5O3S/c1-20-6-4-9-25(33-20)22-12-10-21(11-13-22)19-32-30-35-27-15-14-26(23-7-5-8-24(18-23)40(3,37)38)34-28(27)29(36-30)39-31(2)16-17-31/h4-15,18H,16-17,19H2,1-3H3,(H,32,35,36). The van der Waals surface area contributed by atoms with Gasteiger partial charge in [0, 0.05) is 29.6 Å². The number of nitrogens with one attached hydrogen (secondary N) is 1. The lowest BCUT2D eigenvalue weighted by Crippen LogP contribution is -2.15. The molecule has 1 aliphatic rings. The smallest absolute Gasteiger partial charge is 0.246 e. The lowest BCUT2D eigenvalue weighted by molar-refractivity contribution is 0.194. The average Bonchev–Trinajstić information content (AvgIpc) is 3.68. The fourth-order valence-electron chi connectivity index (χ4n) is 4.37. The van der Waals surface area contributed by atoms with Crippen molar-refractivity contribution in [2.45, 2.75) is 43.7 Å². The minimum absolute atomic E-state index is 0.243. The molecule has 3 heterocycles. The lowest BCUT2D eigenvalue weighted by Gasteiger charge is -2.15. The highest BCUT2D eigenvalue weighted by Crippen LogP contribution is 2.41. The van der Waals surface area contributed by atoms with E-state index in [1.807, 2.05) is 43.3 Å². The number of rotatable bonds is 8. The topological polar surface area (TPSA) is 107 Å². The van der Waals surface area contributed by atoms with Crippen molar-refractivity contribution in [3.05, 3.63) is 90.1 Å². The second-order valence-electron chi connectivity index (χ2n) is 10.5. The van der Waals surface area contributed by atoms with Crippen molar-refractivity contribution < 1.29 is 13.2 Å². The molecule has 1 fully saturated rings. The summed E-state index contributed by atoms with van der Waals surface area (Å²) in [5.74, 6) is 0.860. The first-order valence-electron chi connectivity index (χ1n) is 13.1. The minimum Gasteiger partial charge on any atom is -0.470 e. The van der Waals surface area contributed by atoms with Gasteiger partial charge in [0.25, 0.3) is 0 Å². The summed E-state index contributed by atoms with van der Waals surface area (Å²) in [4.78, 5) is 19.0. The summed E-state index contributed by atoms with van der Waals surface area (Å²) in [5, 5.41) is 3.33. The van der Waals surface area contributed by atoms with Crippen molar-refractivity contribution in [1.82, 2.24) is 19.9 Å². The molecule has 6 rings (SSSR count). The molecule has 0 radical (unpaired) electrons. The third-order valence-electron chi connectivity index (χ3n) is 6.95. The van der Waals surface area contributed by atoms with Gasteiger partial charge in [0.15, 0.2) is 15.4 Å². The van der Waals surface area contributed by atoms with Gasteiger partial charge in [-0.05, 0) is 68.7 Å². The van der Waals surface area contributed by atoms with Crippen LogP contribution in [0.3, 0.4) is 0 Å². The number of pyridine rings is 2. The highest BCUT2D eigenvalue weighted by atomic mass is 32.2. The van der Waals surface area contributed by atoms with Gasteiger partial charge in [-0.25, -0.2) is 18.4 Å². The molecular weight excluding hydrogens is 522 g/mol. The molecule has 3 aromatic heterocycles. The van der Waals surface area contributed by atoms with E-state index in [9.17, 15) is 8.42 Å². The van der Waals surface area contributed by atoms with Crippen LogP contribution in [0.1, 0.15) is 31.0 Å². The molecule has 0 unspecified atom stereocenters. The van der Waals surface area contributed by atoms with E-state index < -0.39 is 9.84 Å². The molecule has 0 aliphatic heterocycles. The largest absolute Gasteiger partial charge is 0.470 e. The molecule has 5 aromatic rings. The van der Waals surface area contributed by atoms with Gasteiger partial charge >= 0.3 is 0 Å². The van der Waals surface area contributed by atoms with Crippen molar-refractivity contribution >= 4 is 26.8 Å². The second-order valence-corrected chi connectivity index (χ2v) is 12.5. The Labute approximate surface area is 233 Å². The van der Waals surface area contributed by atoms with Crippen molar-refractivity contribution in [1.29, 1.82) is 0 Å². The maximum absolute atomic E-state index is 12.1. The molecule has 1 N–H and O–H groups in total. The van der Waals surface area contributed by atoms with Gasteiger partial charge in [-0.3, -0.25) is 4.98 Å². The van der Waals surface area contributed by atoms with Crippen LogP contribution < -0.4 is 10.1 Å². The zero-order valence-corrected chi connectivity index (χ0v) is 23.4. The number of hydrogen-bond acceptors (Lipinski definition) is 8. The van der Waals surface area contributed by atoms with Crippen LogP contribution in [0.25, 0.3) is 33.5 Å². The number of nitrogens with zero attached hydrogens (tertiary/aromatic N) is 4. The number of fused-ring (bicyclic) bond motifs is 1. The molecule has 8 nitrogen and oxygen atoms in total. The number of aromatic nitrogens is 4. The molecule has 2 aromatic carbocycles. The highest BCUT2D eigenvalue weighted by molar-refractivity contribution is 7.90. The molecular formula is C31H29N5O3S. The van der Waals surface area contributed by atoms with Crippen LogP contribution >= 0.6 is 0 Å². The van der Waals surface area contributed by atoms with Gasteiger partial charge in [-0.1, -0.05) is 42.5 Å². The summed E-state index contributed by atoms with van der Waals surface area (Å²) < 4.78 is 30.4. The van der Waals surface area contributed by atoms with Crippen LogP contribution in [0, 0.1) is 6.92 Å². The Balaban J connectivity index is 1.28. The van der Waals surface area contributed by atoms with Crippen LogP contribution in [-0.4, -0.2) is 40.2 Å². The predicted molar refractivity (Wildman–Crippen MR) is 156 cm³/mol. The summed E-state index contributed by atoms with van der Waals surface area (Å²) in [7, 11) is -3.34. The van der Waals surface area contributed by atoms with Crippen LogP contribution in [0.5, 0.6) is 5.88 Å². The Kier molecular flexibility index (Phi) is 6.46. The highest BCUT2D eigenvalue weighted by Gasteiger charge is 2.41. The van der Waals surface area contributed by atoms with Gasteiger partial charge in [0.1, 0.15) is 5.60 Å². The third kappa shape index (κ3) is 5.65. The summed E-state index contributed by atoms with van der Waals surface area (Å²) in [6.45, 7) is 4.57. The van der Waals surface area contributed by atoms with Crippen LogP contribution in [-0.2, 0) is 16.4 Å². The first-order chi connectivity index (χ1) is 19.1. The summed E-state index contributed by atoms with van der Waals surface area (Å²) >= 11 is 0. The van der Waals surface area contributed by atoms with Gasteiger partial charge in [0.05, 0.1) is 21.8 Å². The summed E-state index contributed by atoms with van der Waals surface area (Å²) in [6, 6.07) is 24.7. The van der Waals surface area contributed by atoms with Crippen LogP contribution in [0.2, 0.25) is 0 Å². The predicted octanol–water partition coefficient (Wildman–Crippen LogP) is 6.01. The maximum atomic E-state index is 12.1. The first kappa shape index (κ1) is 25.9. The average molecular weight is 552 g/mol. The van der Waals surface area contributed by atoms with Crippen molar-refractivity contribution in [3.63, 3.8) is 0 Å². The van der Waals surface area contributed by atoms with E-state index in [1.54, 1.807) is 18.2 Å². The second kappa shape index (κ2) is 9.98. The Hall–Kier alpha value is -4.37. The number of aryl methyl sites for hydroxylation is 1. The molecule has 1 aliphatic carbocycles. The van der Waals surface area contributed by atoms with E-state index in [1.165, 1.54) is 6.26 Å². The molecule has 40 heavy (non-hydrogen) atoms. The fourth-order valence-corrected chi connectivity index (χ4v) is 5.04. The minimum atomic E-state index is -3.34. The fraction of sp³-hybridized carbons (Fsp3) is 0.226. The zero-order chi connectivity index (χ0) is 27.9. The maximum Gasteiger partial charge on any atom is 0.246 e. The Bertz CT molecular complexity index is 1830. The molecule has 0 spiro atoms. The van der Waals surface area contributed by atoms with E-state index in [-0.39, 0.29) is 10.5 Å². The van der Waals surface area contributed by atoms with Crippen molar-refractivity contribution in [2.24, 2.45) is 0 Å². The number of sulfone groups is 1. The monoisotopic (exact) mass is 551 g/mol. The third-order valence-corrected chi connectivity index (χ3v) is 8.06. The summed E-state index contributed by atoms with van der Waals surface area (Å²) in [6.07, 6.45) is 3.08. The molecule has 0 saturated heterocycles. The first-order valence-corrected chi connectivity index (χ1v) is 15.0. The van der Waals surface area contributed by atoms with Crippen LogP contribution in [0.15, 0.2) is 83.8 Å². The molecule has 202 valence electrons. The Morgan fingerprint density at radius 3 is 2.33 bits per heavy atom. The molecule has 0 bridgehead atoms. The number of anilines is 1. The summed E-state index contributed by atoms with van der Waals surface area (Å²) in [5.41, 5.74) is 6.29. The van der Waals surface area contributed by atoms with Crippen molar-refractivity contribution in [2.75, 3.05) is 11.6 Å². The van der Waals surface area contributed by atoms with E-state index in [0.717, 1.165) is 35.4 Å². The van der Waals surface area contributed by atoms with E-state index in [2.05, 4.69) is 41.5 Å². The van der Waals surface area contributed by atoms with Crippen LogP contribution in [0.4, 0.5) is 5.95 Å². The van der Waals surface area contributed by atoms with Crippen molar-refractivity contribution in [3.8, 4) is 28.4 Å². The number of ether oxygens (including phenoxy) is 1. The SMILES string of the molecule is Cc1cccc(-c2ccc(CNc3nc(OC4(C)CC4)c4nc(-c5cccc(S(C)(=O)=O)c5)ccc4n3)cc2)n1. The molecule has 1 saturated carbocycles. The molecule has 0 amide bonds. The molecule has 9 heteroatoms. The number of benzene rings is 2. The quantitative estimate of drug-likeness (QED) is 0.250. The van der Waals surface area contributed by atoms with E-state index >= 15 is 0 Å². The molecule has 0 atom stereocenters. The normalized spacial score (nSPS) is 14.2. The Morgan fingerprint density at radius 1 is 0.850 bits per heavy atom. The van der Waals surface area contributed by atoms with Gasteiger partial charge < -0.3 is 10.1 Å². The zero-order valence-electron chi connectivity index (χ0n) is 22.5.